The highest BCUT2D eigenvalue weighted by Gasteiger charge is 2.16. The van der Waals surface area contributed by atoms with Gasteiger partial charge in [0.05, 0.1) is 0 Å². The molecule has 4 nitrogen and oxygen atoms in total. The van der Waals surface area contributed by atoms with E-state index in [1.54, 1.807) is 0 Å². The Labute approximate surface area is 146 Å². The predicted molar refractivity (Wildman–Crippen MR) is 99.1 cm³/mol. The van der Waals surface area contributed by atoms with Gasteiger partial charge in [-0.25, -0.2) is 0 Å². The summed E-state index contributed by atoms with van der Waals surface area (Å²) in [5.74, 6) is -0.0723. The van der Waals surface area contributed by atoms with Crippen molar-refractivity contribution in [3.05, 3.63) is 76.9 Å². The molecule has 1 aliphatic carbocycles. The molecule has 1 aliphatic heterocycles. The van der Waals surface area contributed by atoms with Crippen LogP contribution in [-0.2, 0) is 17.8 Å². The molecule has 0 radical (unpaired) electrons. The van der Waals surface area contributed by atoms with E-state index in [1.807, 2.05) is 48.6 Å². The SMILES string of the molecule is C=C1C=Cc2cc(C(=O)NCc3ccc4c(c3)NC(=O)CC4)ccc21. The van der Waals surface area contributed by atoms with Gasteiger partial charge in [0.1, 0.15) is 0 Å². The molecule has 124 valence electrons. The number of benzene rings is 2. The van der Waals surface area contributed by atoms with Gasteiger partial charge >= 0.3 is 0 Å². The summed E-state index contributed by atoms with van der Waals surface area (Å²) in [6, 6.07) is 11.6. The Hall–Kier alpha value is -3.14. The Bertz CT molecular complexity index is 941. The van der Waals surface area contributed by atoms with E-state index in [2.05, 4.69) is 17.2 Å². The van der Waals surface area contributed by atoms with Crippen LogP contribution in [0.2, 0.25) is 0 Å². The lowest BCUT2D eigenvalue weighted by Crippen LogP contribution is -2.23. The lowest BCUT2D eigenvalue weighted by Gasteiger charge is -2.17. The van der Waals surface area contributed by atoms with Crippen molar-refractivity contribution in [2.24, 2.45) is 0 Å². The predicted octanol–water partition coefficient (Wildman–Crippen LogP) is 3.54. The van der Waals surface area contributed by atoms with Crippen LogP contribution < -0.4 is 10.6 Å². The van der Waals surface area contributed by atoms with Gasteiger partial charge in [0.25, 0.3) is 5.91 Å². The second-order valence-electron chi connectivity index (χ2n) is 6.38. The minimum Gasteiger partial charge on any atom is -0.348 e. The van der Waals surface area contributed by atoms with Crippen molar-refractivity contribution >= 4 is 29.2 Å². The topological polar surface area (TPSA) is 58.2 Å². The monoisotopic (exact) mass is 330 g/mol. The zero-order chi connectivity index (χ0) is 17.4. The first kappa shape index (κ1) is 15.4. The molecule has 1 heterocycles. The van der Waals surface area contributed by atoms with Gasteiger partial charge in [-0.15, -0.1) is 0 Å². The third-order valence-electron chi connectivity index (χ3n) is 4.65. The van der Waals surface area contributed by atoms with E-state index < -0.39 is 0 Å². The molecular weight excluding hydrogens is 312 g/mol. The Morgan fingerprint density at radius 2 is 2.00 bits per heavy atom. The van der Waals surface area contributed by atoms with Crippen LogP contribution in [0.5, 0.6) is 0 Å². The number of aryl methyl sites for hydroxylation is 1. The number of fused-ring (bicyclic) bond motifs is 2. The standard InChI is InChI=1S/C21H18N2O2/c1-13-2-4-16-11-17(6-8-18(13)16)21(25)22-12-14-3-5-15-7-9-20(24)23-19(15)10-14/h2-6,8,10-11H,1,7,9,12H2,(H,22,25)(H,23,24). The van der Waals surface area contributed by atoms with Gasteiger partial charge in [-0.05, 0) is 52.4 Å². The van der Waals surface area contributed by atoms with Gasteiger partial charge in [0.15, 0.2) is 0 Å². The van der Waals surface area contributed by atoms with Crippen molar-refractivity contribution in [2.75, 3.05) is 5.32 Å². The molecule has 2 aliphatic rings. The maximum Gasteiger partial charge on any atom is 0.251 e. The quantitative estimate of drug-likeness (QED) is 0.904. The van der Waals surface area contributed by atoms with E-state index in [-0.39, 0.29) is 11.8 Å². The Morgan fingerprint density at radius 1 is 1.12 bits per heavy atom. The largest absolute Gasteiger partial charge is 0.348 e. The number of nitrogens with one attached hydrogen (secondary N) is 2. The van der Waals surface area contributed by atoms with E-state index in [9.17, 15) is 9.59 Å². The Kier molecular flexibility index (Phi) is 3.73. The number of hydrogen-bond acceptors (Lipinski definition) is 2. The number of allylic oxidation sites excluding steroid dienone is 2. The lowest BCUT2D eigenvalue weighted by atomic mass is 10.0. The molecule has 4 rings (SSSR count). The van der Waals surface area contributed by atoms with Crippen LogP contribution in [0.1, 0.15) is 39.0 Å². The van der Waals surface area contributed by atoms with Crippen LogP contribution in [0.15, 0.2) is 49.1 Å². The van der Waals surface area contributed by atoms with Crippen LogP contribution in [-0.4, -0.2) is 11.8 Å². The van der Waals surface area contributed by atoms with Crippen LogP contribution in [0.3, 0.4) is 0 Å². The highest BCUT2D eigenvalue weighted by atomic mass is 16.2. The summed E-state index contributed by atoms with van der Waals surface area (Å²) in [6.07, 6.45) is 5.22. The third-order valence-corrected chi connectivity index (χ3v) is 4.65. The van der Waals surface area contributed by atoms with E-state index >= 15 is 0 Å². The van der Waals surface area contributed by atoms with Crippen molar-refractivity contribution in [2.45, 2.75) is 19.4 Å². The molecule has 25 heavy (non-hydrogen) atoms. The second-order valence-corrected chi connectivity index (χ2v) is 6.38. The minimum atomic E-state index is -0.115. The fourth-order valence-electron chi connectivity index (χ4n) is 3.23. The first-order chi connectivity index (χ1) is 12.1. The van der Waals surface area contributed by atoms with E-state index in [4.69, 9.17) is 0 Å². The van der Waals surface area contributed by atoms with Crippen molar-refractivity contribution in [3.63, 3.8) is 0 Å². The third kappa shape index (κ3) is 2.98. The van der Waals surface area contributed by atoms with E-state index in [1.165, 1.54) is 0 Å². The Morgan fingerprint density at radius 3 is 2.88 bits per heavy atom. The molecular formula is C21H18N2O2. The van der Waals surface area contributed by atoms with Crippen LogP contribution in [0, 0.1) is 0 Å². The zero-order valence-corrected chi connectivity index (χ0v) is 13.8. The molecule has 0 saturated heterocycles. The van der Waals surface area contributed by atoms with Gasteiger partial charge in [0.2, 0.25) is 5.91 Å². The summed E-state index contributed by atoms with van der Waals surface area (Å²) < 4.78 is 0. The molecule has 0 spiro atoms. The first-order valence-corrected chi connectivity index (χ1v) is 8.31. The van der Waals surface area contributed by atoms with Gasteiger partial charge in [0, 0.05) is 24.2 Å². The molecule has 0 bridgehead atoms. The van der Waals surface area contributed by atoms with Crippen molar-refractivity contribution < 1.29 is 9.59 Å². The van der Waals surface area contributed by atoms with Gasteiger partial charge in [-0.3, -0.25) is 9.59 Å². The summed E-state index contributed by atoms with van der Waals surface area (Å²) in [6.45, 7) is 4.39. The summed E-state index contributed by atoms with van der Waals surface area (Å²) in [5, 5.41) is 5.82. The summed E-state index contributed by atoms with van der Waals surface area (Å²) >= 11 is 0. The summed E-state index contributed by atoms with van der Waals surface area (Å²) in [4.78, 5) is 23.9. The highest BCUT2D eigenvalue weighted by Crippen LogP contribution is 2.28. The van der Waals surface area contributed by atoms with E-state index in [0.29, 0.717) is 18.5 Å². The molecule has 4 heteroatoms. The number of anilines is 1. The van der Waals surface area contributed by atoms with Gasteiger partial charge in [-0.2, -0.15) is 0 Å². The smallest absolute Gasteiger partial charge is 0.251 e. The normalized spacial score (nSPS) is 14.7. The molecule has 2 aromatic carbocycles. The fraction of sp³-hybridized carbons (Fsp3) is 0.143. The van der Waals surface area contributed by atoms with E-state index in [0.717, 1.165) is 39.9 Å². The maximum absolute atomic E-state index is 12.4. The van der Waals surface area contributed by atoms with Crippen LogP contribution >= 0.6 is 0 Å². The molecule has 2 N–H and O–H groups in total. The van der Waals surface area contributed by atoms with Gasteiger partial charge in [-0.1, -0.05) is 36.9 Å². The van der Waals surface area contributed by atoms with Crippen molar-refractivity contribution in [3.8, 4) is 0 Å². The molecule has 0 saturated carbocycles. The lowest BCUT2D eigenvalue weighted by molar-refractivity contribution is -0.116. The number of hydrogen-bond donors (Lipinski definition) is 2. The van der Waals surface area contributed by atoms with Gasteiger partial charge < -0.3 is 10.6 Å². The fourth-order valence-corrected chi connectivity index (χ4v) is 3.23. The maximum atomic E-state index is 12.4. The minimum absolute atomic E-state index is 0.0430. The van der Waals surface area contributed by atoms with Crippen molar-refractivity contribution in [1.82, 2.24) is 5.32 Å². The molecule has 0 atom stereocenters. The van der Waals surface area contributed by atoms with Crippen LogP contribution in [0.4, 0.5) is 5.69 Å². The second kappa shape index (κ2) is 6.06. The molecule has 2 aromatic rings. The van der Waals surface area contributed by atoms with Crippen LogP contribution in [0.25, 0.3) is 11.6 Å². The highest BCUT2D eigenvalue weighted by molar-refractivity contribution is 5.97. The number of amides is 2. The Balaban J connectivity index is 1.46. The summed E-state index contributed by atoms with van der Waals surface area (Å²) in [5.41, 5.74) is 6.65. The average Bonchev–Trinajstić information content (AvgIpc) is 2.99. The molecule has 0 fully saturated rings. The average molecular weight is 330 g/mol. The number of rotatable bonds is 3. The molecule has 0 unspecified atom stereocenters. The van der Waals surface area contributed by atoms with Crippen molar-refractivity contribution in [1.29, 1.82) is 0 Å². The zero-order valence-electron chi connectivity index (χ0n) is 13.8. The molecule has 0 aromatic heterocycles. The summed E-state index contributed by atoms with van der Waals surface area (Å²) in [7, 11) is 0. The number of carbonyl (C=O) groups excluding carboxylic acids is 2. The molecule has 2 amide bonds. The number of carbonyl (C=O) groups is 2. The first-order valence-electron chi connectivity index (χ1n) is 8.31.